The Labute approximate surface area is 115 Å². The zero-order chi connectivity index (χ0) is 13.3. The molecule has 1 atom stereocenters. The molecule has 0 N–H and O–H groups in total. The maximum atomic E-state index is 5.71. The van der Waals surface area contributed by atoms with E-state index in [2.05, 4.69) is 13.8 Å². The van der Waals surface area contributed by atoms with E-state index in [-0.39, 0.29) is 5.44 Å². The van der Waals surface area contributed by atoms with Crippen LogP contribution in [-0.4, -0.2) is 25.3 Å². The molecule has 0 saturated heterocycles. The van der Waals surface area contributed by atoms with Crippen molar-refractivity contribution in [3.63, 3.8) is 0 Å². The van der Waals surface area contributed by atoms with Crippen LogP contribution in [0.4, 0.5) is 0 Å². The van der Waals surface area contributed by atoms with Gasteiger partial charge in [-0.1, -0.05) is 13.8 Å². The molecule has 0 rings (SSSR count). The van der Waals surface area contributed by atoms with Gasteiger partial charge in [0.1, 0.15) is 5.44 Å². The van der Waals surface area contributed by atoms with E-state index in [1.54, 1.807) is 11.4 Å². The molecule has 0 fully saturated rings. The number of ether oxygens (including phenoxy) is 1. The summed E-state index contributed by atoms with van der Waals surface area (Å²) in [6, 6.07) is 0. The monoisotopic (exact) mass is 300 g/mol. The fourth-order valence-corrected chi connectivity index (χ4v) is 6.85. The van der Waals surface area contributed by atoms with Crippen LogP contribution in [0.15, 0.2) is 0 Å². The Morgan fingerprint density at radius 3 is 1.94 bits per heavy atom. The molecule has 6 heteroatoms. The van der Waals surface area contributed by atoms with Crippen molar-refractivity contribution in [3.05, 3.63) is 0 Å². The zero-order valence-corrected chi connectivity index (χ0v) is 14.0. The van der Waals surface area contributed by atoms with Gasteiger partial charge in [-0.3, -0.25) is 0 Å². The molecule has 0 aliphatic rings. The fraction of sp³-hybridized carbons (Fsp3) is 1.00. The van der Waals surface area contributed by atoms with Gasteiger partial charge in [0.2, 0.25) is 5.69 Å². The molecule has 0 aromatic heterocycles. The third-order valence-corrected chi connectivity index (χ3v) is 7.33. The molecule has 104 valence electrons. The van der Waals surface area contributed by atoms with Crippen molar-refractivity contribution in [1.82, 2.24) is 0 Å². The first-order chi connectivity index (χ1) is 7.97. The van der Waals surface area contributed by atoms with Crippen LogP contribution < -0.4 is 0 Å². The van der Waals surface area contributed by atoms with E-state index in [9.17, 15) is 0 Å². The van der Waals surface area contributed by atoms with Crippen LogP contribution in [0.1, 0.15) is 41.0 Å². The van der Waals surface area contributed by atoms with Crippen LogP contribution in [-0.2, 0) is 25.6 Å². The highest BCUT2D eigenvalue weighted by atomic mass is 32.9. The van der Waals surface area contributed by atoms with Gasteiger partial charge in [0, 0.05) is 6.61 Å². The first-order valence-electron chi connectivity index (χ1n) is 6.16. The Bertz CT molecular complexity index is 227. The number of hydrogen-bond acceptors (Lipinski definition) is 5. The van der Waals surface area contributed by atoms with Crippen molar-refractivity contribution >= 4 is 28.9 Å². The molecule has 0 aromatic carbocycles. The summed E-state index contributed by atoms with van der Waals surface area (Å²) >= 11 is 7.05. The molecule has 0 aliphatic heterocycles. The molecule has 0 saturated carbocycles. The molecule has 0 heterocycles. The van der Waals surface area contributed by atoms with Gasteiger partial charge in [0.05, 0.1) is 13.2 Å². The maximum Gasteiger partial charge on any atom is 0.249 e. The van der Waals surface area contributed by atoms with E-state index in [0.717, 1.165) is 6.42 Å². The number of hydrogen-bond donors (Lipinski definition) is 0. The van der Waals surface area contributed by atoms with Gasteiger partial charge in [-0.05, 0) is 56.3 Å². The van der Waals surface area contributed by atoms with Crippen molar-refractivity contribution in [3.8, 4) is 0 Å². The minimum Gasteiger partial charge on any atom is -0.367 e. The Kier molecular flexibility index (Phi) is 10.3. The van der Waals surface area contributed by atoms with Gasteiger partial charge in [0.25, 0.3) is 0 Å². The van der Waals surface area contributed by atoms with Gasteiger partial charge in [-0.2, -0.15) is 0 Å². The predicted molar refractivity (Wildman–Crippen MR) is 80.0 cm³/mol. The Morgan fingerprint density at radius 1 is 1.06 bits per heavy atom. The van der Waals surface area contributed by atoms with Crippen molar-refractivity contribution in [2.45, 2.75) is 46.5 Å². The summed E-state index contributed by atoms with van der Waals surface area (Å²) in [6.07, 6.45) is 0.969. The molecular formula is C11H25O3PS2. The average molecular weight is 300 g/mol. The molecule has 1 unspecified atom stereocenters. The lowest BCUT2D eigenvalue weighted by Gasteiger charge is -2.26. The second-order valence-electron chi connectivity index (χ2n) is 3.90. The van der Waals surface area contributed by atoms with E-state index in [1.807, 2.05) is 20.8 Å². The minimum atomic E-state index is -2.24. The van der Waals surface area contributed by atoms with E-state index in [0.29, 0.717) is 25.7 Å². The van der Waals surface area contributed by atoms with Crippen molar-refractivity contribution < 1.29 is 13.8 Å². The highest BCUT2D eigenvalue weighted by Gasteiger charge is 2.25. The second kappa shape index (κ2) is 9.76. The van der Waals surface area contributed by atoms with Gasteiger partial charge >= 0.3 is 0 Å². The predicted octanol–water partition coefficient (Wildman–Crippen LogP) is 4.43. The lowest BCUT2D eigenvalue weighted by Crippen LogP contribution is -2.12. The molecule has 0 bridgehead atoms. The van der Waals surface area contributed by atoms with Crippen molar-refractivity contribution in [1.29, 1.82) is 0 Å². The summed E-state index contributed by atoms with van der Waals surface area (Å²) in [5, 5.41) is 0. The van der Waals surface area contributed by atoms with Gasteiger partial charge in [-0.15, -0.1) is 0 Å². The van der Waals surface area contributed by atoms with Crippen LogP contribution in [0.25, 0.3) is 0 Å². The SMILES string of the molecule is CCOC(CC(C)C)SP(=S)(OCC)OCC. The summed E-state index contributed by atoms with van der Waals surface area (Å²) in [7, 11) is 0. The van der Waals surface area contributed by atoms with Gasteiger partial charge < -0.3 is 13.8 Å². The molecule has 0 amide bonds. The molecular weight excluding hydrogens is 275 g/mol. The van der Waals surface area contributed by atoms with E-state index in [1.165, 1.54) is 0 Å². The summed E-state index contributed by atoms with van der Waals surface area (Å²) in [6.45, 7) is 12.1. The number of rotatable bonds is 10. The Hall–Kier alpha value is 0.880. The van der Waals surface area contributed by atoms with Crippen LogP contribution in [0, 0.1) is 5.92 Å². The molecule has 0 aliphatic carbocycles. The standard InChI is InChI=1S/C11H25O3PS2/c1-6-12-11(9-10(4)5)17-15(16,13-7-2)14-8-3/h10-11H,6-9H2,1-5H3. The quantitative estimate of drug-likeness (QED) is 0.439. The van der Waals surface area contributed by atoms with Crippen LogP contribution in [0.5, 0.6) is 0 Å². The largest absolute Gasteiger partial charge is 0.367 e. The van der Waals surface area contributed by atoms with Gasteiger partial charge in [0.15, 0.2) is 0 Å². The van der Waals surface area contributed by atoms with Gasteiger partial charge in [-0.25, -0.2) is 0 Å². The Morgan fingerprint density at radius 2 is 1.59 bits per heavy atom. The molecule has 0 spiro atoms. The normalized spacial score (nSPS) is 14.2. The third kappa shape index (κ3) is 8.57. The van der Waals surface area contributed by atoms with Crippen molar-refractivity contribution in [2.24, 2.45) is 5.92 Å². The summed E-state index contributed by atoms with van der Waals surface area (Å²) in [5.41, 5.74) is -2.16. The highest BCUT2D eigenvalue weighted by molar-refractivity contribution is 8.68. The van der Waals surface area contributed by atoms with Crippen LogP contribution >= 0.6 is 17.1 Å². The second-order valence-corrected chi connectivity index (χ2v) is 10.3. The summed E-state index contributed by atoms with van der Waals surface area (Å²) in [5.74, 6) is 0.575. The summed E-state index contributed by atoms with van der Waals surface area (Å²) < 4.78 is 16.9. The lowest BCUT2D eigenvalue weighted by atomic mass is 10.1. The minimum absolute atomic E-state index is 0.0731. The van der Waals surface area contributed by atoms with Crippen molar-refractivity contribution in [2.75, 3.05) is 19.8 Å². The first-order valence-corrected chi connectivity index (χ1v) is 10.3. The smallest absolute Gasteiger partial charge is 0.249 e. The van der Waals surface area contributed by atoms with E-state index in [4.69, 9.17) is 25.6 Å². The topological polar surface area (TPSA) is 27.7 Å². The lowest BCUT2D eigenvalue weighted by molar-refractivity contribution is 0.110. The maximum absolute atomic E-state index is 5.71. The first kappa shape index (κ1) is 17.9. The van der Waals surface area contributed by atoms with Crippen LogP contribution in [0.3, 0.4) is 0 Å². The zero-order valence-electron chi connectivity index (χ0n) is 11.5. The Balaban J connectivity index is 4.49. The highest BCUT2D eigenvalue weighted by Crippen LogP contribution is 2.63. The molecule has 3 nitrogen and oxygen atoms in total. The van der Waals surface area contributed by atoms with E-state index >= 15 is 0 Å². The molecule has 0 radical (unpaired) electrons. The fourth-order valence-electron chi connectivity index (χ4n) is 1.27. The van der Waals surface area contributed by atoms with Crippen LogP contribution in [0.2, 0.25) is 0 Å². The third-order valence-electron chi connectivity index (χ3n) is 1.84. The molecule has 0 aromatic rings. The average Bonchev–Trinajstić information content (AvgIpc) is 2.16. The summed E-state index contributed by atoms with van der Waals surface area (Å²) in [4.78, 5) is 0. The van der Waals surface area contributed by atoms with E-state index < -0.39 is 5.69 Å². The molecule has 17 heavy (non-hydrogen) atoms.